The molecule has 1 atom stereocenters. The van der Waals surface area contributed by atoms with Crippen molar-refractivity contribution in [1.29, 1.82) is 0 Å². The minimum Gasteiger partial charge on any atom is -0.366 e. The SMILES string of the molecule is CC1(C2CC2)CN(c2ccc(Cl)cc2F)CCN1. The minimum absolute atomic E-state index is 0.129. The summed E-state index contributed by atoms with van der Waals surface area (Å²) in [5, 5.41) is 4.05. The molecule has 2 fully saturated rings. The fourth-order valence-corrected chi connectivity index (χ4v) is 3.10. The Morgan fingerprint density at radius 3 is 2.89 bits per heavy atom. The minimum atomic E-state index is -0.220. The molecule has 1 aliphatic carbocycles. The molecular formula is C14H18ClFN2. The summed E-state index contributed by atoms with van der Waals surface area (Å²) in [6, 6.07) is 4.94. The van der Waals surface area contributed by atoms with Crippen molar-refractivity contribution in [2.45, 2.75) is 25.3 Å². The van der Waals surface area contributed by atoms with E-state index < -0.39 is 0 Å². The monoisotopic (exact) mass is 268 g/mol. The van der Waals surface area contributed by atoms with E-state index in [2.05, 4.69) is 17.1 Å². The summed E-state index contributed by atoms with van der Waals surface area (Å²) in [7, 11) is 0. The topological polar surface area (TPSA) is 15.3 Å². The predicted molar refractivity (Wildman–Crippen MR) is 72.8 cm³/mol. The Kier molecular flexibility index (Phi) is 2.99. The highest BCUT2D eigenvalue weighted by atomic mass is 35.5. The van der Waals surface area contributed by atoms with Gasteiger partial charge in [-0.1, -0.05) is 11.6 Å². The van der Waals surface area contributed by atoms with Crippen LogP contribution in [0.15, 0.2) is 18.2 Å². The maximum atomic E-state index is 14.0. The van der Waals surface area contributed by atoms with Crippen LogP contribution in [-0.4, -0.2) is 25.2 Å². The third-order valence-corrected chi connectivity index (χ3v) is 4.39. The number of rotatable bonds is 2. The summed E-state index contributed by atoms with van der Waals surface area (Å²) in [4.78, 5) is 2.14. The number of anilines is 1. The van der Waals surface area contributed by atoms with E-state index in [1.165, 1.54) is 18.9 Å². The van der Waals surface area contributed by atoms with E-state index in [4.69, 9.17) is 11.6 Å². The molecule has 4 heteroatoms. The molecule has 1 heterocycles. The van der Waals surface area contributed by atoms with Gasteiger partial charge >= 0.3 is 0 Å². The zero-order valence-electron chi connectivity index (χ0n) is 10.5. The van der Waals surface area contributed by atoms with Crippen molar-refractivity contribution in [3.8, 4) is 0 Å². The van der Waals surface area contributed by atoms with Gasteiger partial charge in [-0.05, 0) is 43.9 Å². The summed E-state index contributed by atoms with van der Waals surface area (Å²) in [6.07, 6.45) is 2.58. The van der Waals surface area contributed by atoms with E-state index in [-0.39, 0.29) is 11.4 Å². The second-order valence-electron chi connectivity index (χ2n) is 5.64. The first-order valence-electron chi connectivity index (χ1n) is 6.53. The van der Waals surface area contributed by atoms with Gasteiger partial charge in [0.2, 0.25) is 0 Å². The molecule has 18 heavy (non-hydrogen) atoms. The highest BCUT2D eigenvalue weighted by Gasteiger charge is 2.44. The molecule has 0 amide bonds. The number of hydrogen-bond donors (Lipinski definition) is 1. The maximum Gasteiger partial charge on any atom is 0.147 e. The summed E-state index contributed by atoms with van der Waals surface area (Å²) in [5.41, 5.74) is 0.803. The summed E-state index contributed by atoms with van der Waals surface area (Å²) < 4.78 is 14.0. The van der Waals surface area contributed by atoms with Crippen molar-refractivity contribution in [3.05, 3.63) is 29.0 Å². The largest absolute Gasteiger partial charge is 0.366 e. The van der Waals surface area contributed by atoms with Crippen molar-refractivity contribution in [1.82, 2.24) is 5.32 Å². The first-order chi connectivity index (χ1) is 8.58. The van der Waals surface area contributed by atoms with Crippen LogP contribution >= 0.6 is 11.6 Å². The highest BCUT2D eigenvalue weighted by molar-refractivity contribution is 6.30. The van der Waals surface area contributed by atoms with Crippen LogP contribution in [0.4, 0.5) is 10.1 Å². The quantitative estimate of drug-likeness (QED) is 0.887. The lowest BCUT2D eigenvalue weighted by Crippen LogP contribution is -2.60. The molecular weight excluding hydrogens is 251 g/mol. The molecule has 1 aromatic carbocycles. The second-order valence-corrected chi connectivity index (χ2v) is 6.07. The summed E-state index contributed by atoms with van der Waals surface area (Å²) >= 11 is 5.80. The van der Waals surface area contributed by atoms with Gasteiger partial charge in [-0.25, -0.2) is 4.39 Å². The van der Waals surface area contributed by atoms with E-state index >= 15 is 0 Å². The Balaban J connectivity index is 1.83. The van der Waals surface area contributed by atoms with Crippen LogP contribution in [0.1, 0.15) is 19.8 Å². The summed E-state index contributed by atoms with van der Waals surface area (Å²) in [6.45, 7) is 4.89. The molecule has 0 spiro atoms. The van der Waals surface area contributed by atoms with Gasteiger partial charge in [-0.3, -0.25) is 0 Å². The van der Waals surface area contributed by atoms with Crippen LogP contribution in [0.25, 0.3) is 0 Å². The predicted octanol–water partition coefficient (Wildman–Crippen LogP) is 3.06. The van der Waals surface area contributed by atoms with E-state index in [1.54, 1.807) is 12.1 Å². The van der Waals surface area contributed by atoms with Gasteiger partial charge in [0.05, 0.1) is 5.69 Å². The standard InChI is InChI=1S/C14H18ClFN2/c1-14(10-2-3-10)9-18(7-6-17-14)13-5-4-11(15)8-12(13)16/h4-5,8,10,17H,2-3,6-7,9H2,1H3. The molecule has 1 saturated heterocycles. The number of nitrogens with zero attached hydrogens (tertiary/aromatic N) is 1. The second kappa shape index (κ2) is 4.39. The van der Waals surface area contributed by atoms with Crippen molar-refractivity contribution in [2.75, 3.05) is 24.5 Å². The molecule has 1 N–H and O–H groups in total. The van der Waals surface area contributed by atoms with Gasteiger partial charge in [0, 0.05) is 30.2 Å². The summed E-state index contributed by atoms with van der Waals surface area (Å²) in [5.74, 6) is 0.526. The molecule has 0 bridgehead atoms. The Hall–Kier alpha value is -0.800. The fraction of sp³-hybridized carbons (Fsp3) is 0.571. The molecule has 1 aliphatic heterocycles. The number of benzene rings is 1. The van der Waals surface area contributed by atoms with Crippen LogP contribution in [0, 0.1) is 11.7 Å². The molecule has 1 aromatic rings. The van der Waals surface area contributed by atoms with Gasteiger partial charge in [0.1, 0.15) is 5.82 Å². The van der Waals surface area contributed by atoms with Gasteiger partial charge in [-0.2, -0.15) is 0 Å². The Labute approximate surface area is 112 Å². The van der Waals surface area contributed by atoms with Gasteiger partial charge in [0.15, 0.2) is 0 Å². The molecule has 98 valence electrons. The highest BCUT2D eigenvalue weighted by Crippen LogP contribution is 2.41. The first kappa shape index (κ1) is 12.2. The molecule has 1 saturated carbocycles. The molecule has 0 radical (unpaired) electrons. The van der Waals surface area contributed by atoms with E-state index in [0.717, 1.165) is 25.6 Å². The molecule has 2 nitrogen and oxygen atoms in total. The molecule has 3 rings (SSSR count). The molecule has 0 aromatic heterocycles. The number of halogens is 2. The lowest BCUT2D eigenvalue weighted by molar-refractivity contribution is 0.284. The zero-order chi connectivity index (χ0) is 12.8. The Morgan fingerprint density at radius 2 is 2.22 bits per heavy atom. The van der Waals surface area contributed by atoms with E-state index in [1.807, 2.05) is 0 Å². The lowest BCUT2D eigenvalue weighted by Gasteiger charge is -2.43. The van der Waals surface area contributed by atoms with Crippen molar-refractivity contribution < 1.29 is 4.39 Å². The van der Waals surface area contributed by atoms with Gasteiger partial charge in [-0.15, -0.1) is 0 Å². The normalized spacial score (nSPS) is 28.5. The third-order valence-electron chi connectivity index (χ3n) is 4.16. The van der Waals surface area contributed by atoms with Crippen LogP contribution in [0.3, 0.4) is 0 Å². The molecule has 2 aliphatic rings. The van der Waals surface area contributed by atoms with E-state index in [0.29, 0.717) is 10.7 Å². The van der Waals surface area contributed by atoms with Gasteiger partial charge in [0.25, 0.3) is 0 Å². The van der Waals surface area contributed by atoms with Crippen LogP contribution < -0.4 is 10.2 Å². The van der Waals surface area contributed by atoms with Crippen molar-refractivity contribution >= 4 is 17.3 Å². The van der Waals surface area contributed by atoms with Crippen molar-refractivity contribution in [2.24, 2.45) is 5.92 Å². The maximum absolute atomic E-state index is 14.0. The van der Waals surface area contributed by atoms with Crippen LogP contribution in [0.5, 0.6) is 0 Å². The Morgan fingerprint density at radius 1 is 1.44 bits per heavy atom. The third kappa shape index (κ3) is 2.21. The van der Waals surface area contributed by atoms with Crippen LogP contribution in [0.2, 0.25) is 5.02 Å². The van der Waals surface area contributed by atoms with Crippen molar-refractivity contribution in [3.63, 3.8) is 0 Å². The number of nitrogens with one attached hydrogen (secondary N) is 1. The Bertz CT molecular complexity index is 461. The number of piperazine rings is 1. The zero-order valence-corrected chi connectivity index (χ0v) is 11.3. The van der Waals surface area contributed by atoms with Crippen LogP contribution in [-0.2, 0) is 0 Å². The van der Waals surface area contributed by atoms with Gasteiger partial charge < -0.3 is 10.2 Å². The number of hydrogen-bond acceptors (Lipinski definition) is 2. The fourth-order valence-electron chi connectivity index (χ4n) is 2.95. The smallest absolute Gasteiger partial charge is 0.147 e. The average Bonchev–Trinajstić information content (AvgIpc) is 3.12. The molecule has 1 unspecified atom stereocenters. The van der Waals surface area contributed by atoms with E-state index in [9.17, 15) is 4.39 Å². The lowest BCUT2D eigenvalue weighted by atomic mass is 9.92. The average molecular weight is 269 g/mol. The first-order valence-corrected chi connectivity index (χ1v) is 6.91.